The van der Waals surface area contributed by atoms with Crippen molar-refractivity contribution in [2.45, 2.75) is 71.1 Å². The van der Waals surface area contributed by atoms with Gasteiger partial charge >= 0.3 is 0 Å². The van der Waals surface area contributed by atoms with E-state index >= 15 is 0 Å². The number of carbonyl (C=O) groups is 2. The van der Waals surface area contributed by atoms with Crippen molar-refractivity contribution in [3.63, 3.8) is 0 Å². The highest BCUT2D eigenvalue weighted by molar-refractivity contribution is 8.14. The number of rotatable bonds is 16. The zero-order chi connectivity index (χ0) is 22.2. The average molecular weight is 440 g/mol. The number of amides is 1. The molecule has 6 nitrogen and oxygen atoms in total. The summed E-state index contributed by atoms with van der Waals surface area (Å²) < 4.78 is 15.8. The van der Waals surface area contributed by atoms with E-state index in [4.69, 9.17) is 14.2 Å². The van der Waals surface area contributed by atoms with E-state index in [2.05, 4.69) is 12.2 Å². The Labute approximate surface area is 185 Å². The summed E-state index contributed by atoms with van der Waals surface area (Å²) in [5.74, 6) is 1.22. The van der Waals surface area contributed by atoms with E-state index < -0.39 is 0 Å². The maximum Gasteiger partial charge on any atom is 0.235 e. The van der Waals surface area contributed by atoms with Crippen LogP contribution in [0.5, 0.6) is 17.2 Å². The highest BCUT2D eigenvalue weighted by Crippen LogP contribution is 2.38. The summed E-state index contributed by atoms with van der Waals surface area (Å²) >= 11 is 1.06. The number of hydrogen-bond donors (Lipinski definition) is 1. The van der Waals surface area contributed by atoms with E-state index in [1.54, 1.807) is 19.2 Å². The summed E-state index contributed by atoms with van der Waals surface area (Å²) in [7, 11) is 4.56. The van der Waals surface area contributed by atoms with E-state index in [9.17, 15) is 9.59 Å². The number of ether oxygens (including phenoxy) is 3. The quantitative estimate of drug-likeness (QED) is 0.327. The zero-order valence-corrected chi connectivity index (χ0v) is 19.7. The highest BCUT2D eigenvalue weighted by Gasteiger charge is 2.16. The van der Waals surface area contributed by atoms with Gasteiger partial charge in [0.2, 0.25) is 5.91 Å². The smallest absolute Gasteiger partial charge is 0.235 e. The molecule has 0 aliphatic heterocycles. The maximum atomic E-state index is 12.3. The number of hydrogen-bond acceptors (Lipinski definition) is 6. The lowest BCUT2D eigenvalue weighted by molar-refractivity contribution is -0.114. The molecule has 1 aromatic carbocycles. The van der Waals surface area contributed by atoms with E-state index in [1.807, 2.05) is 0 Å². The van der Waals surface area contributed by atoms with Crippen LogP contribution in [0.25, 0.3) is 0 Å². The molecule has 0 bridgehead atoms. The lowest BCUT2D eigenvalue weighted by Gasteiger charge is -2.15. The minimum atomic E-state index is -0.276. The largest absolute Gasteiger partial charge is 0.496 e. The van der Waals surface area contributed by atoms with Crippen molar-refractivity contribution in [3.05, 3.63) is 12.1 Å². The molecule has 0 aromatic heterocycles. The van der Waals surface area contributed by atoms with Crippen LogP contribution in [0.1, 0.15) is 71.1 Å². The van der Waals surface area contributed by atoms with Gasteiger partial charge in [-0.3, -0.25) is 9.59 Å². The molecule has 30 heavy (non-hydrogen) atoms. The van der Waals surface area contributed by atoms with Crippen molar-refractivity contribution in [1.82, 2.24) is 0 Å². The molecule has 0 fully saturated rings. The van der Waals surface area contributed by atoms with Crippen LogP contribution in [0.3, 0.4) is 0 Å². The third-order valence-electron chi connectivity index (χ3n) is 4.83. The number of anilines is 1. The Morgan fingerprint density at radius 3 is 1.87 bits per heavy atom. The summed E-state index contributed by atoms with van der Waals surface area (Å²) in [5.41, 5.74) is 0.429. The van der Waals surface area contributed by atoms with Gasteiger partial charge in [-0.15, -0.1) is 0 Å². The zero-order valence-electron chi connectivity index (χ0n) is 18.9. The van der Waals surface area contributed by atoms with Gasteiger partial charge in [0, 0.05) is 18.6 Å². The molecule has 1 rings (SSSR count). The van der Waals surface area contributed by atoms with Gasteiger partial charge in [-0.1, -0.05) is 70.1 Å². The molecule has 1 N–H and O–H groups in total. The second-order valence-corrected chi connectivity index (χ2v) is 8.23. The molecule has 0 spiro atoms. The minimum Gasteiger partial charge on any atom is -0.496 e. The van der Waals surface area contributed by atoms with Gasteiger partial charge in [-0.25, -0.2) is 0 Å². The molecule has 0 saturated carbocycles. The first-order chi connectivity index (χ1) is 14.5. The normalized spacial score (nSPS) is 10.5. The van der Waals surface area contributed by atoms with E-state index in [-0.39, 0.29) is 16.8 Å². The summed E-state index contributed by atoms with van der Waals surface area (Å²) in [6, 6.07) is 3.33. The van der Waals surface area contributed by atoms with Gasteiger partial charge < -0.3 is 19.5 Å². The van der Waals surface area contributed by atoms with E-state index in [0.29, 0.717) is 29.4 Å². The second-order valence-electron chi connectivity index (χ2n) is 7.19. The number of carbonyl (C=O) groups excluding carboxylic acids is 2. The summed E-state index contributed by atoms with van der Waals surface area (Å²) in [6.45, 7) is 2.23. The number of methoxy groups -OCH3 is 3. The predicted molar refractivity (Wildman–Crippen MR) is 124 cm³/mol. The average Bonchev–Trinajstić information content (AvgIpc) is 2.76. The minimum absolute atomic E-state index is 0.0572. The van der Waals surface area contributed by atoms with Crippen molar-refractivity contribution in [1.29, 1.82) is 0 Å². The van der Waals surface area contributed by atoms with E-state index in [1.165, 1.54) is 59.2 Å². The number of nitrogens with one attached hydrogen (secondary N) is 1. The van der Waals surface area contributed by atoms with Gasteiger partial charge in [0.15, 0.2) is 5.12 Å². The molecule has 0 saturated heterocycles. The summed E-state index contributed by atoms with van der Waals surface area (Å²) in [4.78, 5) is 24.4. The fraction of sp³-hybridized carbons (Fsp3) is 0.652. The lowest BCUT2D eigenvalue weighted by atomic mass is 10.1. The predicted octanol–water partition coefficient (Wildman–Crippen LogP) is 5.83. The van der Waals surface area contributed by atoms with Gasteiger partial charge in [0.25, 0.3) is 0 Å². The van der Waals surface area contributed by atoms with Crippen LogP contribution in [-0.2, 0) is 9.59 Å². The maximum absolute atomic E-state index is 12.3. The van der Waals surface area contributed by atoms with Crippen molar-refractivity contribution in [2.75, 3.05) is 32.4 Å². The fourth-order valence-corrected chi connectivity index (χ4v) is 3.76. The fourth-order valence-electron chi connectivity index (χ4n) is 3.10. The van der Waals surface area contributed by atoms with Crippen molar-refractivity contribution in [3.8, 4) is 17.2 Å². The summed E-state index contributed by atoms with van der Waals surface area (Å²) in [5, 5.41) is 2.83. The molecule has 0 atom stereocenters. The van der Waals surface area contributed by atoms with Crippen LogP contribution in [0, 0.1) is 0 Å². The monoisotopic (exact) mass is 439 g/mol. The Morgan fingerprint density at radius 2 is 1.37 bits per heavy atom. The van der Waals surface area contributed by atoms with Crippen LogP contribution in [0.2, 0.25) is 0 Å². The van der Waals surface area contributed by atoms with Crippen LogP contribution < -0.4 is 19.5 Å². The molecular weight excluding hydrogens is 402 g/mol. The van der Waals surface area contributed by atoms with Gasteiger partial charge in [-0.05, 0) is 6.42 Å². The molecule has 0 heterocycles. The van der Waals surface area contributed by atoms with Crippen molar-refractivity contribution >= 4 is 28.5 Å². The Hall–Kier alpha value is -1.89. The van der Waals surface area contributed by atoms with Crippen LogP contribution in [-0.4, -0.2) is 38.1 Å². The Balaban J connectivity index is 2.30. The molecule has 0 radical (unpaired) electrons. The van der Waals surface area contributed by atoms with E-state index in [0.717, 1.165) is 24.6 Å². The Kier molecular flexibility index (Phi) is 13.8. The Bertz CT molecular complexity index is 625. The molecular formula is C23H37NO5S. The van der Waals surface area contributed by atoms with Crippen molar-refractivity contribution < 1.29 is 23.8 Å². The first-order valence-corrected chi connectivity index (χ1v) is 11.8. The molecule has 0 aliphatic carbocycles. The van der Waals surface area contributed by atoms with Crippen LogP contribution in [0.15, 0.2) is 12.1 Å². The molecule has 170 valence electrons. The SMILES string of the molecule is CCCCCCCCCCCC(=O)SCC(=O)Nc1c(OC)cc(OC)cc1OC. The first-order valence-electron chi connectivity index (χ1n) is 10.8. The number of unbranched alkanes of at least 4 members (excludes halogenated alkanes) is 8. The lowest BCUT2D eigenvalue weighted by Crippen LogP contribution is -2.16. The van der Waals surface area contributed by atoms with Gasteiger partial charge in [0.05, 0.1) is 27.1 Å². The van der Waals surface area contributed by atoms with Gasteiger partial charge in [-0.2, -0.15) is 0 Å². The second kappa shape index (κ2) is 15.9. The molecule has 1 aromatic rings. The topological polar surface area (TPSA) is 73.9 Å². The number of benzene rings is 1. The van der Waals surface area contributed by atoms with Crippen LogP contribution in [0.4, 0.5) is 5.69 Å². The first kappa shape index (κ1) is 26.1. The third kappa shape index (κ3) is 10.2. The molecule has 1 amide bonds. The Morgan fingerprint density at radius 1 is 0.833 bits per heavy atom. The third-order valence-corrected chi connectivity index (χ3v) is 5.76. The molecule has 0 unspecified atom stereocenters. The molecule has 0 aliphatic rings. The summed E-state index contributed by atoms with van der Waals surface area (Å²) in [6.07, 6.45) is 11.5. The highest BCUT2D eigenvalue weighted by atomic mass is 32.2. The van der Waals surface area contributed by atoms with Crippen LogP contribution >= 0.6 is 11.8 Å². The number of thioether (sulfide) groups is 1. The van der Waals surface area contributed by atoms with Crippen molar-refractivity contribution in [2.24, 2.45) is 0 Å². The molecule has 7 heteroatoms. The van der Waals surface area contributed by atoms with Gasteiger partial charge in [0.1, 0.15) is 22.9 Å². The standard InChI is InChI=1S/C23H37NO5S/c1-5-6-7-8-9-10-11-12-13-14-22(26)30-17-21(25)24-23-19(28-3)15-18(27-2)16-20(23)29-4/h15-16H,5-14,17H2,1-4H3,(H,24,25).